The lowest BCUT2D eigenvalue weighted by molar-refractivity contribution is 0.455. The van der Waals surface area contributed by atoms with Gasteiger partial charge in [-0.3, -0.25) is 0 Å². The fourth-order valence-corrected chi connectivity index (χ4v) is 1.12. The lowest BCUT2D eigenvalue weighted by Gasteiger charge is -2.10. The minimum Gasteiger partial charge on any atom is -0.0654 e. The van der Waals surface area contributed by atoms with Crippen LogP contribution in [0.1, 0.15) is 46.5 Å². The van der Waals surface area contributed by atoms with E-state index in [9.17, 15) is 0 Å². The first-order valence-electron chi connectivity index (χ1n) is 4.49. The Hall–Kier alpha value is 0. The second-order valence-corrected chi connectivity index (χ2v) is 3.63. The molecule has 0 rings (SSSR count). The lowest BCUT2D eigenvalue weighted by atomic mass is 9.96. The van der Waals surface area contributed by atoms with Crippen LogP contribution in [0.25, 0.3) is 0 Å². The molecule has 61 valence electrons. The van der Waals surface area contributed by atoms with Crippen LogP contribution in [0.4, 0.5) is 0 Å². The van der Waals surface area contributed by atoms with Crippen molar-refractivity contribution in [1.29, 1.82) is 0 Å². The van der Waals surface area contributed by atoms with Crippen LogP contribution in [0.15, 0.2) is 0 Å². The molecule has 0 aliphatic carbocycles. The monoisotopic (exact) mass is 141 g/mol. The van der Waals surface area contributed by atoms with Crippen LogP contribution in [-0.2, 0) is 0 Å². The van der Waals surface area contributed by atoms with Gasteiger partial charge in [-0.15, -0.1) is 0 Å². The highest BCUT2D eigenvalue weighted by Crippen LogP contribution is 2.15. The topological polar surface area (TPSA) is 0 Å². The van der Waals surface area contributed by atoms with Gasteiger partial charge >= 0.3 is 0 Å². The average molecular weight is 141 g/mol. The van der Waals surface area contributed by atoms with Gasteiger partial charge in [0.2, 0.25) is 0 Å². The summed E-state index contributed by atoms with van der Waals surface area (Å²) in [6.07, 6.45) is 5.23. The molecule has 0 amide bonds. The van der Waals surface area contributed by atoms with Gasteiger partial charge in [0, 0.05) is 0 Å². The Bertz CT molecular complexity index is 64.4. The molecule has 10 heavy (non-hydrogen) atoms. The van der Waals surface area contributed by atoms with Crippen LogP contribution in [0.3, 0.4) is 0 Å². The van der Waals surface area contributed by atoms with E-state index in [0.717, 1.165) is 5.92 Å². The molecule has 0 aliphatic heterocycles. The fraction of sp³-hybridized carbons (Fsp3) is 0.900. The Morgan fingerprint density at radius 3 is 2.10 bits per heavy atom. The Kier molecular flexibility index (Phi) is 5.76. The van der Waals surface area contributed by atoms with Gasteiger partial charge < -0.3 is 0 Å². The molecule has 1 atom stereocenters. The Balaban J connectivity index is 3.12. The van der Waals surface area contributed by atoms with E-state index in [4.69, 9.17) is 0 Å². The third-order valence-electron chi connectivity index (χ3n) is 1.85. The first kappa shape index (κ1) is 10.0. The summed E-state index contributed by atoms with van der Waals surface area (Å²) in [5.41, 5.74) is 0. The van der Waals surface area contributed by atoms with E-state index in [1.54, 1.807) is 0 Å². The fourth-order valence-electron chi connectivity index (χ4n) is 1.12. The van der Waals surface area contributed by atoms with Crippen LogP contribution in [0.5, 0.6) is 0 Å². The largest absolute Gasteiger partial charge is 0.0654 e. The molecule has 0 bridgehead atoms. The Morgan fingerprint density at radius 2 is 1.70 bits per heavy atom. The van der Waals surface area contributed by atoms with Crippen LogP contribution in [-0.4, -0.2) is 0 Å². The third-order valence-corrected chi connectivity index (χ3v) is 1.85. The van der Waals surface area contributed by atoms with Gasteiger partial charge in [-0.25, -0.2) is 0 Å². The normalized spacial score (nSPS) is 14.1. The predicted octanol–water partition coefficient (Wildman–Crippen LogP) is 3.67. The average Bonchev–Trinajstić information content (AvgIpc) is 1.85. The van der Waals surface area contributed by atoms with Crippen LogP contribution in [0.2, 0.25) is 0 Å². The third kappa shape index (κ3) is 6.12. The van der Waals surface area contributed by atoms with Crippen molar-refractivity contribution >= 4 is 0 Å². The summed E-state index contributed by atoms with van der Waals surface area (Å²) in [7, 11) is 0. The van der Waals surface area contributed by atoms with Crippen molar-refractivity contribution < 1.29 is 0 Å². The molecule has 1 radical (unpaired) electrons. The van der Waals surface area contributed by atoms with E-state index >= 15 is 0 Å². The zero-order valence-corrected chi connectivity index (χ0v) is 7.69. The molecule has 1 unspecified atom stereocenters. The van der Waals surface area contributed by atoms with Gasteiger partial charge in [-0.05, 0) is 11.8 Å². The van der Waals surface area contributed by atoms with Crippen LogP contribution in [0, 0.1) is 18.8 Å². The molecule has 0 nitrogen and oxygen atoms in total. The molecule has 0 saturated carbocycles. The summed E-state index contributed by atoms with van der Waals surface area (Å²) in [5, 5.41) is 0. The van der Waals surface area contributed by atoms with Crippen molar-refractivity contribution in [3.8, 4) is 0 Å². The van der Waals surface area contributed by atoms with E-state index < -0.39 is 0 Å². The van der Waals surface area contributed by atoms with E-state index in [1.165, 1.54) is 25.7 Å². The maximum atomic E-state index is 4.10. The molecule has 0 fully saturated rings. The Labute approximate surface area is 66.0 Å². The maximum Gasteiger partial charge on any atom is -0.0414 e. The van der Waals surface area contributed by atoms with Gasteiger partial charge in [0.25, 0.3) is 0 Å². The van der Waals surface area contributed by atoms with Crippen molar-refractivity contribution in [1.82, 2.24) is 0 Å². The lowest BCUT2D eigenvalue weighted by Crippen LogP contribution is -1.97. The molecule has 0 heterocycles. The second-order valence-electron chi connectivity index (χ2n) is 3.63. The maximum absolute atomic E-state index is 4.10. The summed E-state index contributed by atoms with van der Waals surface area (Å²) >= 11 is 0. The summed E-state index contributed by atoms with van der Waals surface area (Å²) in [4.78, 5) is 0. The Morgan fingerprint density at radius 1 is 1.10 bits per heavy atom. The SMILES string of the molecule is [CH2]C(CCC)CCC(C)C. The highest BCUT2D eigenvalue weighted by molar-refractivity contribution is 4.61. The number of hydrogen-bond donors (Lipinski definition) is 0. The zero-order chi connectivity index (χ0) is 7.98. The van der Waals surface area contributed by atoms with Crippen molar-refractivity contribution in [3.63, 3.8) is 0 Å². The summed E-state index contributed by atoms with van der Waals surface area (Å²) in [6, 6.07) is 0. The molecule has 0 heteroatoms. The smallest absolute Gasteiger partial charge is 0.0414 e. The number of rotatable bonds is 5. The first-order valence-corrected chi connectivity index (χ1v) is 4.49. The highest BCUT2D eigenvalue weighted by Gasteiger charge is 2.01. The van der Waals surface area contributed by atoms with Gasteiger partial charge in [-0.2, -0.15) is 0 Å². The molecule has 0 aromatic rings. The predicted molar refractivity (Wildman–Crippen MR) is 47.8 cm³/mol. The van der Waals surface area contributed by atoms with Gasteiger partial charge in [0.05, 0.1) is 0 Å². The first-order chi connectivity index (χ1) is 4.66. The van der Waals surface area contributed by atoms with Gasteiger partial charge in [-0.1, -0.05) is 53.4 Å². The molecule has 0 spiro atoms. The quantitative estimate of drug-likeness (QED) is 0.548. The van der Waals surface area contributed by atoms with E-state index in [1.807, 2.05) is 0 Å². The molecule has 0 aromatic heterocycles. The van der Waals surface area contributed by atoms with Crippen molar-refractivity contribution in [2.45, 2.75) is 46.5 Å². The highest BCUT2D eigenvalue weighted by atomic mass is 14.1. The van der Waals surface area contributed by atoms with Crippen LogP contribution >= 0.6 is 0 Å². The van der Waals surface area contributed by atoms with Crippen molar-refractivity contribution in [2.24, 2.45) is 11.8 Å². The van der Waals surface area contributed by atoms with Crippen molar-refractivity contribution in [2.75, 3.05) is 0 Å². The standard InChI is InChI=1S/C10H21/c1-5-6-10(4)8-7-9(2)3/h9-10H,4-8H2,1-3H3. The van der Waals surface area contributed by atoms with Crippen LogP contribution < -0.4 is 0 Å². The van der Waals surface area contributed by atoms with E-state index in [0.29, 0.717) is 5.92 Å². The number of hydrogen-bond acceptors (Lipinski definition) is 0. The molecule has 0 N–H and O–H groups in total. The van der Waals surface area contributed by atoms with Crippen molar-refractivity contribution in [3.05, 3.63) is 6.92 Å². The minimum atomic E-state index is 0.701. The minimum absolute atomic E-state index is 0.701. The molecule has 0 aliphatic rings. The summed E-state index contributed by atoms with van der Waals surface area (Å²) in [5.74, 6) is 1.55. The van der Waals surface area contributed by atoms with E-state index in [-0.39, 0.29) is 0 Å². The summed E-state index contributed by atoms with van der Waals surface area (Å²) < 4.78 is 0. The molecule has 0 saturated heterocycles. The molecule has 0 aromatic carbocycles. The zero-order valence-electron chi connectivity index (χ0n) is 7.69. The summed E-state index contributed by atoms with van der Waals surface area (Å²) in [6.45, 7) is 10.9. The van der Waals surface area contributed by atoms with Gasteiger partial charge in [0.1, 0.15) is 0 Å². The van der Waals surface area contributed by atoms with Gasteiger partial charge in [0.15, 0.2) is 0 Å². The van der Waals surface area contributed by atoms with E-state index in [2.05, 4.69) is 27.7 Å². The molecular weight excluding hydrogens is 120 g/mol. The molecular formula is C10H21. The second kappa shape index (κ2) is 5.76.